The van der Waals surface area contributed by atoms with Crippen LogP contribution in [0.15, 0.2) is 126 Å². The lowest BCUT2D eigenvalue weighted by Gasteiger charge is -2.32. The fourth-order valence-electron chi connectivity index (χ4n) is 6.04. The fourth-order valence-corrected chi connectivity index (χ4v) is 6.18. The smallest absolute Gasteiger partial charge is 0.149 e. The minimum atomic E-state index is -0.914. The molecule has 0 bridgehead atoms. The third-order valence-corrected chi connectivity index (χ3v) is 8.14. The number of nitriles is 1. The highest BCUT2D eigenvalue weighted by atomic mass is 32.1. The molecule has 0 radical (unpaired) electrons. The van der Waals surface area contributed by atoms with Gasteiger partial charge in [-0.2, -0.15) is 9.62 Å². The van der Waals surface area contributed by atoms with E-state index in [4.69, 9.17) is 22.4 Å². The van der Waals surface area contributed by atoms with Crippen LogP contribution in [0.4, 0.5) is 14.5 Å². The van der Waals surface area contributed by atoms with Crippen molar-refractivity contribution < 1.29 is 8.78 Å². The van der Waals surface area contributed by atoms with E-state index in [2.05, 4.69) is 28.6 Å². The molecule has 1 aliphatic rings. The zero-order valence-electron chi connectivity index (χ0n) is 22.5. The summed E-state index contributed by atoms with van der Waals surface area (Å²) in [5, 5.41) is 9.44. The summed E-state index contributed by atoms with van der Waals surface area (Å²) >= 11 is 4.79. The number of halogens is 2. The number of aromatic nitrogens is 2. The van der Waals surface area contributed by atoms with E-state index >= 15 is 0 Å². The molecule has 0 saturated carbocycles. The van der Waals surface area contributed by atoms with Crippen molar-refractivity contribution in [2.45, 2.75) is 5.41 Å². The Kier molecular flexibility index (Phi) is 6.42. The fraction of sp³-hybridized carbons (Fsp3) is 0.0278. The third-order valence-electron chi connectivity index (χ3n) is 7.94. The van der Waals surface area contributed by atoms with Crippen molar-refractivity contribution in [2.75, 3.05) is 0 Å². The van der Waals surface area contributed by atoms with Crippen molar-refractivity contribution >= 4 is 18.1 Å². The summed E-state index contributed by atoms with van der Waals surface area (Å²) in [6.45, 7) is 0. The molecule has 7 rings (SSSR count). The molecular weight excluding hydrogens is 558 g/mol. The van der Waals surface area contributed by atoms with Gasteiger partial charge in [0.2, 0.25) is 0 Å². The summed E-state index contributed by atoms with van der Waals surface area (Å²) in [4.78, 5) is 10.4. The van der Waals surface area contributed by atoms with Crippen molar-refractivity contribution in [3.63, 3.8) is 0 Å². The summed E-state index contributed by atoms with van der Waals surface area (Å²) in [5.74, 6) is -1.07. The molecular formula is C36H20F2N4S. The zero-order valence-corrected chi connectivity index (χ0v) is 23.3. The Balaban J connectivity index is 1.52. The summed E-state index contributed by atoms with van der Waals surface area (Å²) < 4.78 is 32.1. The van der Waals surface area contributed by atoms with Crippen LogP contribution in [0.3, 0.4) is 0 Å². The van der Waals surface area contributed by atoms with Gasteiger partial charge in [-0.3, -0.25) is 9.97 Å². The first kappa shape index (κ1) is 26.4. The molecule has 0 unspecified atom stereocenters. The van der Waals surface area contributed by atoms with Crippen LogP contribution in [0.25, 0.3) is 33.6 Å². The van der Waals surface area contributed by atoms with E-state index in [9.17, 15) is 14.0 Å². The van der Waals surface area contributed by atoms with Crippen LogP contribution < -0.4 is 0 Å². The second-order valence-electron chi connectivity index (χ2n) is 10.2. The van der Waals surface area contributed by atoms with Crippen LogP contribution in [0.2, 0.25) is 0 Å². The third kappa shape index (κ3) is 4.15. The topological polar surface area (TPSA) is 61.9 Å². The van der Waals surface area contributed by atoms with Gasteiger partial charge in [0.05, 0.1) is 28.3 Å². The molecule has 204 valence electrons. The molecule has 1 aliphatic carbocycles. The molecule has 7 heteroatoms. The number of nitrogens with zero attached hydrogens (tertiary/aromatic N) is 4. The predicted octanol–water partition coefficient (Wildman–Crippen LogP) is 8.69. The second-order valence-corrected chi connectivity index (χ2v) is 10.4. The Morgan fingerprint density at radius 2 is 1.16 bits per heavy atom. The molecule has 0 fully saturated rings. The van der Waals surface area contributed by atoms with E-state index in [-0.39, 0.29) is 11.3 Å². The molecule has 0 saturated heterocycles. The minimum absolute atomic E-state index is 0.0465. The van der Waals surface area contributed by atoms with Crippen molar-refractivity contribution in [2.24, 2.45) is 4.36 Å². The molecule has 0 atom stereocenters. The quantitative estimate of drug-likeness (QED) is 0.205. The molecule has 0 amide bonds. The summed E-state index contributed by atoms with van der Waals surface area (Å²) in [5.41, 5.74) is 7.27. The maximum atomic E-state index is 14.2. The van der Waals surface area contributed by atoms with E-state index in [1.807, 2.05) is 66.7 Å². The first-order valence-electron chi connectivity index (χ1n) is 13.5. The van der Waals surface area contributed by atoms with Crippen LogP contribution in [0.1, 0.15) is 28.1 Å². The summed E-state index contributed by atoms with van der Waals surface area (Å²) in [6.07, 6.45) is 0. The highest BCUT2D eigenvalue weighted by Crippen LogP contribution is 2.55. The first-order valence-corrected chi connectivity index (χ1v) is 13.9. The largest absolute Gasteiger partial charge is 0.251 e. The number of hydrogen-bond acceptors (Lipinski definition) is 5. The summed E-state index contributed by atoms with van der Waals surface area (Å²) in [7, 11) is 0. The molecule has 4 aromatic carbocycles. The van der Waals surface area contributed by atoms with E-state index in [0.717, 1.165) is 33.6 Å². The van der Waals surface area contributed by atoms with Crippen LogP contribution in [0.5, 0.6) is 0 Å². The highest BCUT2D eigenvalue weighted by molar-refractivity contribution is 7.47. The Bertz CT molecular complexity index is 2070. The number of hydrogen-bond donors (Lipinski definition) is 0. The molecule has 43 heavy (non-hydrogen) atoms. The maximum Gasteiger partial charge on any atom is 0.149 e. The van der Waals surface area contributed by atoms with Crippen LogP contribution in [-0.4, -0.2) is 9.97 Å². The van der Waals surface area contributed by atoms with Crippen LogP contribution in [0, 0.1) is 23.0 Å². The van der Waals surface area contributed by atoms with E-state index < -0.39 is 17.0 Å². The van der Waals surface area contributed by atoms with Gasteiger partial charge < -0.3 is 0 Å². The van der Waals surface area contributed by atoms with E-state index in [1.165, 1.54) is 18.2 Å². The predicted molar refractivity (Wildman–Crippen MR) is 164 cm³/mol. The van der Waals surface area contributed by atoms with Gasteiger partial charge >= 0.3 is 0 Å². The number of benzene rings is 4. The standard InChI is InChI=1S/C36H20F2N4S/c37-29-17-15-22(19-24(29)21-39)31-11-5-13-34(40-31)36(27-9-3-1-7-25(27)26-8-2-4-10-28(26)36)35-14-6-12-32(41-35)23-16-18-30(38)33(20-23)42-43/h1-20H. The molecule has 4 nitrogen and oxygen atoms in total. The molecule has 0 aliphatic heterocycles. The van der Waals surface area contributed by atoms with Gasteiger partial charge in [-0.15, -0.1) is 0 Å². The minimum Gasteiger partial charge on any atom is -0.251 e. The average molecular weight is 579 g/mol. The van der Waals surface area contributed by atoms with Crippen molar-refractivity contribution in [3.05, 3.63) is 161 Å². The molecule has 2 heterocycles. The van der Waals surface area contributed by atoms with E-state index in [0.29, 0.717) is 22.5 Å². The van der Waals surface area contributed by atoms with Gasteiger partial charge in [0.1, 0.15) is 28.8 Å². The number of fused-ring (bicyclic) bond motifs is 3. The van der Waals surface area contributed by atoms with Crippen LogP contribution >= 0.6 is 0 Å². The lowest BCUT2D eigenvalue weighted by Crippen LogP contribution is -2.31. The van der Waals surface area contributed by atoms with Crippen molar-refractivity contribution in [3.8, 4) is 39.7 Å². The molecule has 6 aromatic rings. The highest BCUT2D eigenvalue weighted by Gasteiger charge is 2.48. The monoisotopic (exact) mass is 578 g/mol. The number of rotatable bonds is 5. The summed E-state index contributed by atoms with van der Waals surface area (Å²) in [6, 6.07) is 38.9. The average Bonchev–Trinajstić information content (AvgIpc) is 3.36. The van der Waals surface area contributed by atoms with Gasteiger partial charge in [-0.1, -0.05) is 60.7 Å². The van der Waals surface area contributed by atoms with Crippen LogP contribution in [-0.2, 0) is 17.8 Å². The Morgan fingerprint density at radius 1 is 0.628 bits per heavy atom. The van der Waals surface area contributed by atoms with Gasteiger partial charge in [-0.25, -0.2) is 8.78 Å². The normalized spacial score (nSPS) is 12.7. The van der Waals surface area contributed by atoms with Gasteiger partial charge in [0.15, 0.2) is 0 Å². The van der Waals surface area contributed by atoms with Gasteiger partial charge in [0, 0.05) is 23.6 Å². The number of pyridine rings is 2. The van der Waals surface area contributed by atoms with Crippen molar-refractivity contribution in [1.29, 1.82) is 5.26 Å². The van der Waals surface area contributed by atoms with Crippen molar-refractivity contribution in [1.82, 2.24) is 9.97 Å². The Morgan fingerprint density at radius 3 is 1.72 bits per heavy atom. The van der Waals surface area contributed by atoms with Gasteiger partial charge in [0.25, 0.3) is 0 Å². The first-order chi connectivity index (χ1) is 21.0. The van der Waals surface area contributed by atoms with Gasteiger partial charge in [-0.05, 0) is 82.9 Å². The zero-order chi connectivity index (χ0) is 29.6. The Labute approximate surface area is 252 Å². The second kappa shape index (κ2) is 10.4. The molecule has 0 N–H and O–H groups in total. The molecule has 0 spiro atoms. The van der Waals surface area contributed by atoms with E-state index in [1.54, 1.807) is 18.2 Å². The Hall–Kier alpha value is -5.45. The lowest BCUT2D eigenvalue weighted by atomic mass is 9.72. The lowest BCUT2D eigenvalue weighted by molar-refractivity contribution is 0.624. The molecule has 2 aromatic heterocycles. The SMILES string of the molecule is N#Cc1cc(-c2cccc(C3(c4cccc(-c5ccc(F)c(N=S)c5)n4)c4ccccc4-c4ccccc43)n2)ccc1F. The maximum absolute atomic E-state index is 14.2.